The highest BCUT2D eigenvalue weighted by Crippen LogP contribution is 2.25. The maximum absolute atomic E-state index is 13.3. The quantitative estimate of drug-likeness (QED) is 0.846. The van der Waals surface area contributed by atoms with Crippen molar-refractivity contribution in [1.29, 1.82) is 0 Å². The van der Waals surface area contributed by atoms with E-state index in [0.717, 1.165) is 12.1 Å². The van der Waals surface area contributed by atoms with Crippen molar-refractivity contribution >= 4 is 23.2 Å². The predicted octanol–water partition coefficient (Wildman–Crippen LogP) is 2.20. The molecule has 0 heterocycles. The van der Waals surface area contributed by atoms with Gasteiger partial charge in [0.2, 0.25) is 11.8 Å². The van der Waals surface area contributed by atoms with Crippen LogP contribution in [-0.4, -0.2) is 36.3 Å². The SMILES string of the molecule is CCN(CC)C(=O)CNc1cc(F)c(F)cc1NC(C)=O. The topological polar surface area (TPSA) is 61.4 Å². The number of rotatable bonds is 6. The lowest BCUT2D eigenvalue weighted by Crippen LogP contribution is -2.35. The van der Waals surface area contributed by atoms with Crippen molar-refractivity contribution in [2.45, 2.75) is 20.8 Å². The molecule has 0 saturated carbocycles. The lowest BCUT2D eigenvalue weighted by molar-refractivity contribution is -0.128. The van der Waals surface area contributed by atoms with Gasteiger partial charge in [0.1, 0.15) is 0 Å². The van der Waals surface area contributed by atoms with Crippen LogP contribution in [0.2, 0.25) is 0 Å². The van der Waals surface area contributed by atoms with Crippen molar-refractivity contribution in [1.82, 2.24) is 4.90 Å². The molecule has 116 valence electrons. The van der Waals surface area contributed by atoms with Gasteiger partial charge >= 0.3 is 0 Å². The average molecular weight is 299 g/mol. The Morgan fingerprint density at radius 2 is 1.62 bits per heavy atom. The average Bonchev–Trinajstić information content (AvgIpc) is 2.42. The summed E-state index contributed by atoms with van der Waals surface area (Å²) in [5.41, 5.74) is 0.248. The Balaban J connectivity index is 2.88. The second-order valence-corrected chi connectivity index (χ2v) is 4.41. The molecule has 0 atom stereocenters. The van der Waals surface area contributed by atoms with Gasteiger partial charge in [0.15, 0.2) is 11.6 Å². The van der Waals surface area contributed by atoms with Crippen LogP contribution in [0, 0.1) is 11.6 Å². The lowest BCUT2D eigenvalue weighted by Gasteiger charge is -2.20. The van der Waals surface area contributed by atoms with E-state index in [4.69, 9.17) is 0 Å². The van der Waals surface area contributed by atoms with Crippen LogP contribution in [0.4, 0.5) is 20.2 Å². The number of anilines is 2. The molecule has 0 aliphatic rings. The van der Waals surface area contributed by atoms with Gasteiger partial charge in [0.25, 0.3) is 0 Å². The van der Waals surface area contributed by atoms with Crippen LogP contribution in [0.1, 0.15) is 20.8 Å². The van der Waals surface area contributed by atoms with E-state index in [1.807, 2.05) is 13.8 Å². The molecule has 0 fully saturated rings. The van der Waals surface area contributed by atoms with E-state index in [0.29, 0.717) is 13.1 Å². The summed E-state index contributed by atoms with van der Waals surface area (Å²) >= 11 is 0. The molecule has 0 aromatic heterocycles. The first-order chi connectivity index (χ1) is 9.88. The fraction of sp³-hybridized carbons (Fsp3) is 0.429. The van der Waals surface area contributed by atoms with E-state index < -0.39 is 17.5 Å². The first kappa shape index (κ1) is 16.9. The summed E-state index contributed by atoms with van der Waals surface area (Å²) in [5.74, 6) is -2.71. The summed E-state index contributed by atoms with van der Waals surface area (Å²) in [5, 5.41) is 5.11. The van der Waals surface area contributed by atoms with Gasteiger partial charge in [-0.15, -0.1) is 0 Å². The predicted molar refractivity (Wildman–Crippen MR) is 77.1 cm³/mol. The third-order valence-corrected chi connectivity index (χ3v) is 2.92. The zero-order chi connectivity index (χ0) is 16.0. The van der Waals surface area contributed by atoms with Crippen molar-refractivity contribution in [3.63, 3.8) is 0 Å². The van der Waals surface area contributed by atoms with Crippen LogP contribution in [0.15, 0.2) is 12.1 Å². The first-order valence-corrected chi connectivity index (χ1v) is 6.67. The van der Waals surface area contributed by atoms with E-state index in [1.165, 1.54) is 6.92 Å². The maximum atomic E-state index is 13.3. The van der Waals surface area contributed by atoms with Crippen molar-refractivity contribution in [3.8, 4) is 0 Å². The van der Waals surface area contributed by atoms with Gasteiger partial charge in [-0.25, -0.2) is 8.78 Å². The number of hydrogen-bond acceptors (Lipinski definition) is 3. The number of carbonyl (C=O) groups excluding carboxylic acids is 2. The Hall–Kier alpha value is -2.18. The zero-order valence-corrected chi connectivity index (χ0v) is 12.3. The van der Waals surface area contributed by atoms with Gasteiger partial charge in [-0.3, -0.25) is 9.59 Å². The van der Waals surface area contributed by atoms with E-state index >= 15 is 0 Å². The zero-order valence-electron chi connectivity index (χ0n) is 12.3. The minimum atomic E-state index is -1.07. The van der Waals surface area contributed by atoms with E-state index in [2.05, 4.69) is 10.6 Å². The van der Waals surface area contributed by atoms with Gasteiger partial charge in [0.05, 0.1) is 17.9 Å². The lowest BCUT2D eigenvalue weighted by atomic mass is 10.2. The second-order valence-electron chi connectivity index (χ2n) is 4.41. The standard InChI is InChI=1S/C14H19F2N3O2/c1-4-19(5-2)14(21)8-17-12-6-10(15)11(16)7-13(12)18-9(3)20/h6-7,17H,4-5,8H2,1-3H3,(H,18,20). The third-order valence-electron chi connectivity index (χ3n) is 2.92. The number of benzene rings is 1. The molecule has 0 radical (unpaired) electrons. The molecule has 21 heavy (non-hydrogen) atoms. The molecule has 0 unspecified atom stereocenters. The van der Waals surface area contributed by atoms with E-state index in [-0.39, 0.29) is 23.8 Å². The number of nitrogens with one attached hydrogen (secondary N) is 2. The molecule has 0 aliphatic carbocycles. The number of amides is 2. The Bertz CT molecular complexity index is 531. The Morgan fingerprint density at radius 3 is 2.10 bits per heavy atom. The molecule has 7 heteroatoms. The molecular formula is C14H19F2N3O2. The molecule has 1 aromatic rings. The fourth-order valence-electron chi connectivity index (χ4n) is 1.85. The van der Waals surface area contributed by atoms with Crippen LogP contribution in [0.25, 0.3) is 0 Å². The molecule has 0 aliphatic heterocycles. The number of carbonyl (C=O) groups is 2. The summed E-state index contributed by atoms with van der Waals surface area (Å²) in [6.45, 7) is 6.01. The van der Waals surface area contributed by atoms with Gasteiger partial charge in [-0.05, 0) is 13.8 Å². The van der Waals surface area contributed by atoms with Crippen LogP contribution in [0.3, 0.4) is 0 Å². The van der Waals surface area contributed by atoms with Crippen molar-refractivity contribution in [2.75, 3.05) is 30.3 Å². The molecule has 2 N–H and O–H groups in total. The summed E-state index contributed by atoms with van der Waals surface area (Å²) in [6, 6.07) is 1.79. The second kappa shape index (κ2) is 7.56. The highest BCUT2D eigenvalue weighted by atomic mass is 19.2. The monoisotopic (exact) mass is 299 g/mol. The summed E-state index contributed by atoms with van der Waals surface area (Å²) in [6.07, 6.45) is 0. The largest absolute Gasteiger partial charge is 0.374 e. The number of hydrogen-bond donors (Lipinski definition) is 2. The Morgan fingerprint density at radius 1 is 1.10 bits per heavy atom. The molecule has 1 aromatic carbocycles. The summed E-state index contributed by atoms with van der Waals surface area (Å²) in [4.78, 5) is 24.5. The van der Waals surface area contributed by atoms with Crippen LogP contribution < -0.4 is 10.6 Å². The van der Waals surface area contributed by atoms with Crippen molar-refractivity contribution in [3.05, 3.63) is 23.8 Å². The number of nitrogens with zero attached hydrogens (tertiary/aromatic N) is 1. The van der Waals surface area contributed by atoms with E-state index in [9.17, 15) is 18.4 Å². The molecule has 0 saturated heterocycles. The van der Waals surface area contributed by atoms with Crippen molar-refractivity contribution < 1.29 is 18.4 Å². The van der Waals surface area contributed by atoms with Gasteiger partial charge in [-0.2, -0.15) is 0 Å². The first-order valence-electron chi connectivity index (χ1n) is 6.67. The summed E-state index contributed by atoms with van der Waals surface area (Å²) in [7, 11) is 0. The van der Waals surface area contributed by atoms with Crippen LogP contribution in [0.5, 0.6) is 0 Å². The minimum Gasteiger partial charge on any atom is -0.374 e. The van der Waals surface area contributed by atoms with Crippen molar-refractivity contribution in [2.24, 2.45) is 0 Å². The van der Waals surface area contributed by atoms with Crippen LogP contribution in [-0.2, 0) is 9.59 Å². The molecular weight excluding hydrogens is 280 g/mol. The molecule has 1 rings (SSSR count). The van der Waals surface area contributed by atoms with Gasteiger partial charge < -0.3 is 15.5 Å². The van der Waals surface area contributed by atoms with E-state index in [1.54, 1.807) is 4.90 Å². The minimum absolute atomic E-state index is 0.0701. The molecule has 0 spiro atoms. The fourth-order valence-corrected chi connectivity index (χ4v) is 1.85. The smallest absolute Gasteiger partial charge is 0.241 e. The number of likely N-dealkylation sites (N-methyl/N-ethyl adjacent to an activating group) is 1. The Labute approximate surface area is 122 Å². The summed E-state index contributed by atoms with van der Waals surface area (Å²) < 4.78 is 26.5. The molecule has 2 amide bonds. The third kappa shape index (κ3) is 4.70. The molecule has 0 bridgehead atoms. The van der Waals surface area contributed by atoms with Gasteiger partial charge in [0, 0.05) is 32.1 Å². The van der Waals surface area contributed by atoms with Crippen LogP contribution >= 0.6 is 0 Å². The molecule has 5 nitrogen and oxygen atoms in total. The Kier molecular flexibility index (Phi) is 6.08. The normalized spacial score (nSPS) is 10.1. The highest BCUT2D eigenvalue weighted by molar-refractivity contribution is 5.93. The maximum Gasteiger partial charge on any atom is 0.241 e. The number of halogens is 2. The highest BCUT2D eigenvalue weighted by Gasteiger charge is 2.14. The van der Waals surface area contributed by atoms with Gasteiger partial charge in [-0.1, -0.05) is 0 Å².